The number of benzene rings is 2. The topological polar surface area (TPSA) is 21.3 Å². The van der Waals surface area contributed by atoms with E-state index in [1.54, 1.807) is 19.2 Å². The lowest BCUT2D eigenvalue weighted by atomic mass is 10.0. The monoisotopic (exact) mass is 293 g/mol. The van der Waals surface area contributed by atoms with Gasteiger partial charge in [0.2, 0.25) is 0 Å². The van der Waals surface area contributed by atoms with Gasteiger partial charge >= 0.3 is 0 Å². The first kappa shape index (κ1) is 14.8. The van der Waals surface area contributed by atoms with Gasteiger partial charge in [-0.1, -0.05) is 24.6 Å². The molecule has 0 saturated heterocycles. The highest BCUT2D eigenvalue weighted by atomic mass is 35.5. The predicted octanol–water partition coefficient (Wildman–Crippen LogP) is 4.26. The minimum atomic E-state index is -0.322. The molecule has 0 heterocycles. The zero-order valence-electron chi connectivity index (χ0n) is 11.5. The maximum atomic E-state index is 14.0. The molecular weight excluding hydrogens is 277 g/mol. The molecule has 0 atom stereocenters. The van der Waals surface area contributed by atoms with Gasteiger partial charge in [-0.25, -0.2) is 4.39 Å². The number of hydrogen-bond donors (Lipinski definition) is 1. The van der Waals surface area contributed by atoms with Crippen LogP contribution >= 0.6 is 11.6 Å². The number of methoxy groups -OCH3 is 1. The summed E-state index contributed by atoms with van der Waals surface area (Å²) in [6, 6.07) is 10.3. The van der Waals surface area contributed by atoms with Crippen LogP contribution in [0.1, 0.15) is 12.5 Å². The van der Waals surface area contributed by atoms with Crippen LogP contribution in [0.3, 0.4) is 0 Å². The van der Waals surface area contributed by atoms with E-state index in [9.17, 15) is 4.39 Å². The van der Waals surface area contributed by atoms with Crippen LogP contribution in [-0.4, -0.2) is 13.7 Å². The molecule has 20 heavy (non-hydrogen) atoms. The highest BCUT2D eigenvalue weighted by Gasteiger charge is 2.09. The summed E-state index contributed by atoms with van der Waals surface area (Å²) in [5.74, 6) is 0.473. The van der Waals surface area contributed by atoms with Crippen molar-refractivity contribution in [2.45, 2.75) is 13.5 Å². The number of nitrogens with one attached hydrogen (secondary N) is 1. The third-order valence-corrected chi connectivity index (χ3v) is 3.32. The van der Waals surface area contributed by atoms with Crippen LogP contribution in [-0.2, 0) is 6.54 Å². The highest BCUT2D eigenvalue weighted by Crippen LogP contribution is 2.29. The molecule has 2 aromatic rings. The van der Waals surface area contributed by atoms with E-state index in [-0.39, 0.29) is 5.82 Å². The molecule has 0 radical (unpaired) electrons. The molecule has 2 rings (SSSR count). The second-order valence-corrected chi connectivity index (χ2v) is 4.87. The summed E-state index contributed by atoms with van der Waals surface area (Å²) in [5, 5.41) is 3.64. The molecule has 0 spiro atoms. The maximum Gasteiger partial charge on any atom is 0.132 e. The van der Waals surface area contributed by atoms with Crippen molar-refractivity contribution < 1.29 is 9.13 Å². The Morgan fingerprint density at radius 3 is 2.65 bits per heavy atom. The average molecular weight is 294 g/mol. The van der Waals surface area contributed by atoms with Crippen LogP contribution in [0, 0.1) is 5.82 Å². The summed E-state index contributed by atoms with van der Waals surface area (Å²) in [5.41, 5.74) is 2.35. The molecule has 0 fully saturated rings. The summed E-state index contributed by atoms with van der Waals surface area (Å²) >= 11 is 5.78. The fourth-order valence-electron chi connectivity index (χ4n) is 2.07. The van der Waals surface area contributed by atoms with Crippen molar-refractivity contribution in [2.75, 3.05) is 13.7 Å². The number of rotatable bonds is 5. The lowest BCUT2D eigenvalue weighted by Gasteiger charge is -2.12. The van der Waals surface area contributed by atoms with E-state index in [1.165, 1.54) is 6.07 Å². The summed E-state index contributed by atoms with van der Waals surface area (Å²) < 4.78 is 19.3. The standard InChI is InChI=1S/C16H17ClFNO/c1-3-19-10-12-8-11(4-7-16(12)20-2)14-6-5-13(17)9-15(14)18/h4-9,19H,3,10H2,1-2H3. The molecule has 106 valence electrons. The summed E-state index contributed by atoms with van der Waals surface area (Å²) in [4.78, 5) is 0. The molecule has 2 aromatic carbocycles. The summed E-state index contributed by atoms with van der Waals surface area (Å²) in [6.45, 7) is 3.58. The highest BCUT2D eigenvalue weighted by molar-refractivity contribution is 6.30. The zero-order chi connectivity index (χ0) is 14.5. The molecule has 0 bridgehead atoms. The Kier molecular flexibility index (Phi) is 4.99. The summed E-state index contributed by atoms with van der Waals surface area (Å²) in [6.07, 6.45) is 0. The van der Waals surface area contributed by atoms with Crippen molar-refractivity contribution in [3.63, 3.8) is 0 Å². The normalized spacial score (nSPS) is 10.6. The van der Waals surface area contributed by atoms with Gasteiger partial charge in [0.1, 0.15) is 11.6 Å². The lowest BCUT2D eigenvalue weighted by Crippen LogP contribution is -2.12. The number of hydrogen-bond acceptors (Lipinski definition) is 2. The van der Waals surface area contributed by atoms with Crippen LogP contribution in [0.4, 0.5) is 4.39 Å². The Balaban J connectivity index is 2.41. The predicted molar refractivity (Wildman–Crippen MR) is 80.8 cm³/mol. The molecule has 0 aliphatic heterocycles. The molecule has 0 unspecified atom stereocenters. The van der Waals surface area contributed by atoms with E-state index in [0.29, 0.717) is 17.1 Å². The number of halogens is 2. The molecule has 0 aliphatic carbocycles. The SMILES string of the molecule is CCNCc1cc(-c2ccc(Cl)cc2F)ccc1OC. The van der Waals surface area contributed by atoms with Crippen molar-refractivity contribution in [1.82, 2.24) is 5.32 Å². The van der Waals surface area contributed by atoms with Crippen molar-refractivity contribution in [3.05, 3.63) is 52.8 Å². The molecule has 2 nitrogen and oxygen atoms in total. The van der Waals surface area contributed by atoms with Gasteiger partial charge in [0.25, 0.3) is 0 Å². The molecule has 0 aliphatic rings. The van der Waals surface area contributed by atoms with Crippen molar-refractivity contribution >= 4 is 11.6 Å². The van der Waals surface area contributed by atoms with Gasteiger partial charge in [0, 0.05) is 22.7 Å². The van der Waals surface area contributed by atoms with Gasteiger partial charge in [0.05, 0.1) is 7.11 Å². The van der Waals surface area contributed by atoms with Gasteiger partial charge in [-0.05, 0) is 42.4 Å². The Labute approximate surface area is 123 Å². The van der Waals surface area contributed by atoms with Crippen molar-refractivity contribution in [3.8, 4) is 16.9 Å². The Morgan fingerprint density at radius 2 is 2.00 bits per heavy atom. The fourth-order valence-corrected chi connectivity index (χ4v) is 2.23. The number of ether oxygens (including phenoxy) is 1. The molecule has 0 aromatic heterocycles. The van der Waals surface area contributed by atoms with E-state index >= 15 is 0 Å². The zero-order valence-corrected chi connectivity index (χ0v) is 12.3. The first-order valence-corrected chi connectivity index (χ1v) is 6.86. The minimum Gasteiger partial charge on any atom is -0.496 e. The van der Waals surface area contributed by atoms with Crippen LogP contribution in [0.15, 0.2) is 36.4 Å². The van der Waals surface area contributed by atoms with Crippen LogP contribution in [0.25, 0.3) is 11.1 Å². The Morgan fingerprint density at radius 1 is 1.20 bits per heavy atom. The first-order chi connectivity index (χ1) is 9.65. The Bertz CT molecular complexity index is 601. The Hall–Kier alpha value is -1.58. The van der Waals surface area contributed by atoms with E-state index in [1.807, 2.05) is 25.1 Å². The third-order valence-electron chi connectivity index (χ3n) is 3.09. The largest absolute Gasteiger partial charge is 0.496 e. The van der Waals surface area contributed by atoms with Gasteiger partial charge in [-0.15, -0.1) is 0 Å². The van der Waals surface area contributed by atoms with Crippen LogP contribution < -0.4 is 10.1 Å². The van der Waals surface area contributed by atoms with Gasteiger partial charge in [0.15, 0.2) is 0 Å². The fraction of sp³-hybridized carbons (Fsp3) is 0.250. The third kappa shape index (κ3) is 3.30. The summed E-state index contributed by atoms with van der Waals surface area (Å²) in [7, 11) is 1.63. The molecule has 1 N–H and O–H groups in total. The second kappa shape index (κ2) is 6.73. The molecule has 4 heteroatoms. The van der Waals surface area contributed by atoms with Crippen molar-refractivity contribution in [2.24, 2.45) is 0 Å². The van der Waals surface area contributed by atoms with Gasteiger partial charge in [-0.3, -0.25) is 0 Å². The van der Waals surface area contributed by atoms with E-state index in [4.69, 9.17) is 16.3 Å². The quantitative estimate of drug-likeness (QED) is 0.889. The maximum absolute atomic E-state index is 14.0. The first-order valence-electron chi connectivity index (χ1n) is 6.48. The molecular formula is C16H17ClFNO. The van der Waals surface area contributed by atoms with Crippen LogP contribution in [0.2, 0.25) is 5.02 Å². The molecule has 0 saturated carbocycles. The van der Waals surface area contributed by atoms with E-state index in [2.05, 4.69) is 5.32 Å². The molecule has 0 amide bonds. The second-order valence-electron chi connectivity index (χ2n) is 4.43. The minimum absolute atomic E-state index is 0.322. The van der Waals surface area contributed by atoms with Gasteiger partial charge < -0.3 is 10.1 Å². The van der Waals surface area contributed by atoms with E-state index < -0.39 is 0 Å². The lowest BCUT2D eigenvalue weighted by molar-refractivity contribution is 0.408. The smallest absolute Gasteiger partial charge is 0.132 e. The van der Waals surface area contributed by atoms with E-state index in [0.717, 1.165) is 23.4 Å². The van der Waals surface area contributed by atoms with Crippen LogP contribution in [0.5, 0.6) is 5.75 Å². The van der Waals surface area contributed by atoms with Gasteiger partial charge in [-0.2, -0.15) is 0 Å². The average Bonchev–Trinajstić information content (AvgIpc) is 2.45. The van der Waals surface area contributed by atoms with Crippen molar-refractivity contribution in [1.29, 1.82) is 0 Å².